The molecule has 0 bridgehead atoms. The molecule has 1 heterocycles. The van der Waals surface area contributed by atoms with Gasteiger partial charge in [-0.25, -0.2) is 8.42 Å². The maximum atomic E-state index is 12.8. The number of benzene rings is 2. The minimum absolute atomic E-state index is 0.161. The summed E-state index contributed by atoms with van der Waals surface area (Å²) in [5, 5.41) is 5.98. The Labute approximate surface area is 172 Å². The molecule has 2 aromatic carbocycles. The molecular weight excluding hydrogens is 390 g/mol. The molecule has 7 nitrogen and oxygen atoms in total. The summed E-state index contributed by atoms with van der Waals surface area (Å²) in [7, 11) is -3.61. The second kappa shape index (κ2) is 9.39. The molecule has 1 amide bonds. The molecule has 1 saturated heterocycles. The van der Waals surface area contributed by atoms with E-state index in [1.54, 1.807) is 25.1 Å². The molecule has 1 aliphatic heterocycles. The Morgan fingerprint density at radius 1 is 1.10 bits per heavy atom. The van der Waals surface area contributed by atoms with Gasteiger partial charge in [-0.05, 0) is 49.2 Å². The molecule has 2 N–H and O–H groups in total. The average molecular weight is 418 g/mol. The number of ether oxygens (including phenoxy) is 1. The summed E-state index contributed by atoms with van der Waals surface area (Å²) in [4.78, 5) is 12.7. The van der Waals surface area contributed by atoms with Gasteiger partial charge in [-0.15, -0.1) is 0 Å². The van der Waals surface area contributed by atoms with Crippen molar-refractivity contribution in [1.82, 2.24) is 4.31 Å². The molecule has 8 heteroatoms. The van der Waals surface area contributed by atoms with Gasteiger partial charge in [0.05, 0.1) is 18.1 Å². The molecule has 1 atom stereocenters. The molecule has 1 fully saturated rings. The van der Waals surface area contributed by atoms with Crippen LogP contribution >= 0.6 is 0 Å². The lowest BCUT2D eigenvalue weighted by atomic mass is 10.1. The van der Waals surface area contributed by atoms with E-state index in [1.165, 1.54) is 15.9 Å². The fourth-order valence-electron chi connectivity index (χ4n) is 3.12. The Kier molecular flexibility index (Phi) is 6.89. The van der Waals surface area contributed by atoms with Gasteiger partial charge in [0.2, 0.25) is 15.9 Å². The second-order valence-electron chi connectivity index (χ2n) is 6.95. The zero-order valence-corrected chi connectivity index (χ0v) is 17.5. The summed E-state index contributed by atoms with van der Waals surface area (Å²) in [6.45, 7) is 5.28. The van der Waals surface area contributed by atoms with Crippen molar-refractivity contribution < 1.29 is 17.9 Å². The number of amides is 1. The predicted octanol–water partition coefficient (Wildman–Crippen LogP) is 2.71. The summed E-state index contributed by atoms with van der Waals surface area (Å²) in [5.74, 6) is -0.243. The van der Waals surface area contributed by atoms with Crippen molar-refractivity contribution in [3.63, 3.8) is 0 Å². The van der Waals surface area contributed by atoms with E-state index < -0.39 is 16.1 Å². The lowest BCUT2D eigenvalue weighted by Gasteiger charge is -2.26. The molecule has 0 unspecified atom stereocenters. The zero-order chi connectivity index (χ0) is 20.9. The number of anilines is 2. The van der Waals surface area contributed by atoms with Crippen molar-refractivity contribution in [2.24, 2.45) is 0 Å². The normalized spacial score (nSPS) is 16.2. The van der Waals surface area contributed by atoms with E-state index in [0.29, 0.717) is 32.0 Å². The van der Waals surface area contributed by atoms with Gasteiger partial charge in [-0.1, -0.05) is 25.1 Å². The number of hydrogen-bond donors (Lipinski definition) is 2. The van der Waals surface area contributed by atoms with E-state index in [2.05, 4.69) is 17.6 Å². The summed E-state index contributed by atoms with van der Waals surface area (Å²) in [6, 6.07) is 13.8. The Morgan fingerprint density at radius 2 is 1.79 bits per heavy atom. The number of sulfonamides is 1. The second-order valence-corrected chi connectivity index (χ2v) is 8.89. The molecule has 29 heavy (non-hydrogen) atoms. The Morgan fingerprint density at radius 3 is 2.52 bits per heavy atom. The van der Waals surface area contributed by atoms with Gasteiger partial charge >= 0.3 is 0 Å². The van der Waals surface area contributed by atoms with Crippen LogP contribution in [0.2, 0.25) is 0 Å². The molecule has 3 rings (SSSR count). The number of morpholine rings is 1. The third-order valence-corrected chi connectivity index (χ3v) is 6.72. The molecular formula is C21H27N3O4S. The van der Waals surface area contributed by atoms with Gasteiger partial charge in [-0.3, -0.25) is 4.79 Å². The van der Waals surface area contributed by atoms with Crippen LogP contribution < -0.4 is 10.6 Å². The highest BCUT2D eigenvalue weighted by Crippen LogP contribution is 2.21. The minimum atomic E-state index is -3.61. The Balaban J connectivity index is 1.68. The van der Waals surface area contributed by atoms with Crippen LogP contribution in [0, 0.1) is 0 Å². The van der Waals surface area contributed by atoms with E-state index >= 15 is 0 Å². The summed E-state index contributed by atoms with van der Waals surface area (Å²) in [6.07, 6.45) is 0.917. The monoisotopic (exact) mass is 417 g/mol. The molecule has 0 spiro atoms. The van der Waals surface area contributed by atoms with Gasteiger partial charge in [0.25, 0.3) is 0 Å². The maximum Gasteiger partial charge on any atom is 0.246 e. The number of rotatable bonds is 7. The lowest BCUT2D eigenvalue weighted by molar-refractivity contribution is -0.116. The van der Waals surface area contributed by atoms with E-state index in [0.717, 1.165) is 12.1 Å². The number of hydrogen-bond acceptors (Lipinski definition) is 5. The molecule has 1 aliphatic rings. The van der Waals surface area contributed by atoms with Crippen LogP contribution in [-0.2, 0) is 26.0 Å². The maximum absolute atomic E-state index is 12.8. The van der Waals surface area contributed by atoms with Crippen LogP contribution in [-0.4, -0.2) is 51.0 Å². The first-order valence-corrected chi connectivity index (χ1v) is 11.2. The van der Waals surface area contributed by atoms with Crippen molar-refractivity contribution in [2.75, 3.05) is 36.9 Å². The largest absolute Gasteiger partial charge is 0.379 e. The first kappa shape index (κ1) is 21.3. The average Bonchev–Trinajstić information content (AvgIpc) is 2.74. The van der Waals surface area contributed by atoms with Crippen molar-refractivity contribution in [3.05, 3.63) is 54.1 Å². The van der Waals surface area contributed by atoms with Crippen LogP contribution in [0.1, 0.15) is 19.4 Å². The first-order valence-electron chi connectivity index (χ1n) is 9.74. The standard InChI is InChI=1S/C21H27N3O4S/c1-3-17-6-4-7-18(14-17)22-16(2)21(25)23-19-8-5-9-20(15-19)29(26,27)24-10-12-28-13-11-24/h4-9,14-16,22H,3,10-13H2,1-2H3,(H,23,25)/t16-/m0/s1. The Bertz CT molecular complexity index is 956. The first-order chi connectivity index (χ1) is 13.9. The minimum Gasteiger partial charge on any atom is -0.379 e. The smallest absolute Gasteiger partial charge is 0.246 e. The van der Waals surface area contributed by atoms with Crippen LogP contribution in [0.25, 0.3) is 0 Å². The fraction of sp³-hybridized carbons (Fsp3) is 0.381. The third-order valence-electron chi connectivity index (χ3n) is 4.82. The fourth-order valence-corrected chi connectivity index (χ4v) is 4.57. The molecule has 2 aromatic rings. The van der Waals surface area contributed by atoms with Crippen molar-refractivity contribution in [1.29, 1.82) is 0 Å². The van der Waals surface area contributed by atoms with Crippen LogP contribution in [0.3, 0.4) is 0 Å². The summed E-state index contributed by atoms with van der Waals surface area (Å²) < 4.78 is 32.2. The summed E-state index contributed by atoms with van der Waals surface area (Å²) in [5.41, 5.74) is 2.50. The van der Waals surface area contributed by atoms with Crippen LogP contribution in [0.5, 0.6) is 0 Å². The van der Waals surface area contributed by atoms with E-state index in [1.807, 2.05) is 24.3 Å². The number of carbonyl (C=O) groups is 1. The molecule has 0 aromatic heterocycles. The topological polar surface area (TPSA) is 87.7 Å². The number of nitrogens with one attached hydrogen (secondary N) is 2. The van der Waals surface area contributed by atoms with Crippen molar-refractivity contribution >= 4 is 27.3 Å². The number of aryl methyl sites for hydroxylation is 1. The van der Waals surface area contributed by atoms with Gasteiger partial charge in [0, 0.05) is 24.5 Å². The van der Waals surface area contributed by atoms with Gasteiger partial charge in [-0.2, -0.15) is 4.31 Å². The van der Waals surface area contributed by atoms with Gasteiger partial charge in [0.1, 0.15) is 6.04 Å². The van der Waals surface area contributed by atoms with Gasteiger partial charge in [0.15, 0.2) is 0 Å². The van der Waals surface area contributed by atoms with E-state index in [9.17, 15) is 13.2 Å². The predicted molar refractivity (Wildman–Crippen MR) is 114 cm³/mol. The highest BCUT2D eigenvalue weighted by molar-refractivity contribution is 7.89. The molecule has 156 valence electrons. The summed E-state index contributed by atoms with van der Waals surface area (Å²) >= 11 is 0. The number of nitrogens with zero attached hydrogens (tertiary/aromatic N) is 1. The van der Waals surface area contributed by atoms with Crippen LogP contribution in [0.15, 0.2) is 53.4 Å². The van der Waals surface area contributed by atoms with Crippen molar-refractivity contribution in [3.8, 4) is 0 Å². The van der Waals surface area contributed by atoms with E-state index in [4.69, 9.17) is 4.74 Å². The Hall–Kier alpha value is -2.42. The molecule has 0 aliphatic carbocycles. The quantitative estimate of drug-likeness (QED) is 0.723. The molecule has 0 saturated carbocycles. The highest BCUT2D eigenvalue weighted by atomic mass is 32.2. The molecule has 0 radical (unpaired) electrons. The highest BCUT2D eigenvalue weighted by Gasteiger charge is 2.26. The van der Waals surface area contributed by atoms with E-state index in [-0.39, 0.29) is 10.8 Å². The van der Waals surface area contributed by atoms with Crippen LogP contribution in [0.4, 0.5) is 11.4 Å². The van der Waals surface area contributed by atoms with Crippen molar-refractivity contribution in [2.45, 2.75) is 31.2 Å². The van der Waals surface area contributed by atoms with Gasteiger partial charge < -0.3 is 15.4 Å². The third kappa shape index (κ3) is 5.35. The lowest BCUT2D eigenvalue weighted by Crippen LogP contribution is -2.40. The zero-order valence-electron chi connectivity index (χ0n) is 16.7. The SMILES string of the molecule is CCc1cccc(N[C@@H](C)C(=O)Nc2cccc(S(=O)(=O)N3CCOCC3)c2)c1. The number of carbonyl (C=O) groups excluding carboxylic acids is 1.